The van der Waals surface area contributed by atoms with Crippen LogP contribution in [-0.4, -0.2) is 30.0 Å². The molecule has 8 heteroatoms. The fourth-order valence-corrected chi connectivity index (χ4v) is 3.53. The van der Waals surface area contributed by atoms with Crippen LogP contribution in [0, 0.1) is 0 Å². The van der Waals surface area contributed by atoms with Crippen LogP contribution in [0.3, 0.4) is 0 Å². The molecule has 0 unspecified atom stereocenters. The fourth-order valence-electron chi connectivity index (χ4n) is 2.29. The highest BCUT2D eigenvalue weighted by atomic mass is 35.5. The van der Waals surface area contributed by atoms with Crippen molar-refractivity contribution in [3.8, 4) is 0 Å². The number of aromatic nitrogens is 2. The zero-order valence-corrected chi connectivity index (χ0v) is 16.5. The molecule has 0 aliphatic carbocycles. The summed E-state index contributed by atoms with van der Waals surface area (Å²) in [4.78, 5) is 23.7. The van der Waals surface area contributed by atoms with Crippen molar-refractivity contribution in [3.05, 3.63) is 68.8 Å². The standard InChI is InChI=1S/C18H16Cl2N4OS/c1-24(2)16-9-12(8-15(20)22-16)17(25)23-18-21-10-13(26-18)7-11-5-3-4-6-14(11)19/h3-6,8-10H,7H2,1-2H3,(H,21,23,25). The summed E-state index contributed by atoms with van der Waals surface area (Å²) in [7, 11) is 3.67. The van der Waals surface area contributed by atoms with E-state index in [0.717, 1.165) is 10.4 Å². The van der Waals surface area contributed by atoms with Crippen LogP contribution in [0.2, 0.25) is 10.2 Å². The largest absolute Gasteiger partial charge is 0.363 e. The van der Waals surface area contributed by atoms with Crippen LogP contribution in [0.1, 0.15) is 20.8 Å². The molecular formula is C18H16Cl2N4OS. The Hall–Kier alpha value is -2.15. The molecule has 0 spiro atoms. The molecular weight excluding hydrogens is 391 g/mol. The quantitative estimate of drug-likeness (QED) is 0.620. The molecule has 0 saturated heterocycles. The van der Waals surface area contributed by atoms with Crippen LogP contribution in [0.25, 0.3) is 0 Å². The van der Waals surface area contributed by atoms with Crippen molar-refractivity contribution in [2.24, 2.45) is 0 Å². The second-order valence-corrected chi connectivity index (χ2v) is 7.69. The van der Waals surface area contributed by atoms with E-state index in [1.54, 1.807) is 17.2 Å². The maximum atomic E-state index is 12.5. The summed E-state index contributed by atoms with van der Waals surface area (Å²) in [5.74, 6) is 0.331. The van der Waals surface area contributed by atoms with E-state index in [-0.39, 0.29) is 11.1 Å². The number of hydrogen-bond acceptors (Lipinski definition) is 5. The molecule has 134 valence electrons. The zero-order chi connectivity index (χ0) is 18.7. The van der Waals surface area contributed by atoms with Crippen molar-refractivity contribution in [1.82, 2.24) is 9.97 Å². The number of nitrogens with zero attached hydrogens (tertiary/aromatic N) is 3. The van der Waals surface area contributed by atoms with E-state index >= 15 is 0 Å². The molecule has 0 atom stereocenters. The molecule has 26 heavy (non-hydrogen) atoms. The normalized spacial score (nSPS) is 10.6. The minimum absolute atomic E-state index is 0.264. The lowest BCUT2D eigenvalue weighted by molar-refractivity contribution is 0.102. The topological polar surface area (TPSA) is 58.1 Å². The predicted octanol–water partition coefficient (Wildman–Crippen LogP) is 4.75. The predicted molar refractivity (Wildman–Crippen MR) is 108 cm³/mol. The first-order valence-corrected chi connectivity index (χ1v) is 9.34. The minimum Gasteiger partial charge on any atom is -0.363 e. The third-order valence-electron chi connectivity index (χ3n) is 3.60. The number of thiazole rings is 1. The molecule has 3 aromatic rings. The van der Waals surface area contributed by atoms with Gasteiger partial charge in [0.15, 0.2) is 5.13 Å². The number of carbonyl (C=O) groups excluding carboxylic acids is 1. The van der Waals surface area contributed by atoms with Crippen molar-refractivity contribution < 1.29 is 4.79 Å². The minimum atomic E-state index is -0.281. The monoisotopic (exact) mass is 406 g/mol. The summed E-state index contributed by atoms with van der Waals surface area (Å²) >= 11 is 13.6. The van der Waals surface area contributed by atoms with Gasteiger partial charge in [0.25, 0.3) is 5.91 Å². The Bertz CT molecular complexity index is 942. The van der Waals surface area contributed by atoms with E-state index in [2.05, 4.69) is 15.3 Å². The maximum absolute atomic E-state index is 12.5. The second kappa shape index (κ2) is 8.03. The summed E-state index contributed by atoms with van der Waals surface area (Å²) in [5, 5.41) is 4.31. The number of hydrogen-bond donors (Lipinski definition) is 1. The first kappa shape index (κ1) is 18.6. The summed E-state index contributed by atoms with van der Waals surface area (Å²) in [6.07, 6.45) is 2.41. The molecule has 0 fully saturated rings. The van der Waals surface area contributed by atoms with Crippen molar-refractivity contribution in [2.45, 2.75) is 6.42 Å². The van der Waals surface area contributed by atoms with Crippen molar-refractivity contribution in [3.63, 3.8) is 0 Å². The highest BCUT2D eigenvalue weighted by Gasteiger charge is 2.13. The van der Waals surface area contributed by atoms with E-state index in [4.69, 9.17) is 23.2 Å². The molecule has 0 aliphatic heterocycles. The molecule has 0 aliphatic rings. The molecule has 1 aromatic carbocycles. The first-order valence-electron chi connectivity index (χ1n) is 7.77. The van der Waals surface area contributed by atoms with Gasteiger partial charge >= 0.3 is 0 Å². The lowest BCUT2D eigenvalue weighted by atomic mass is 10.1. The van der Waals surface area contributed by atoms with Gasteiger partial charge in [-0.15, -0.1) is 11.3 Å². The number of pyridine rings is 1. The highest BCUT2D eigenvalue weighted by Crippen LogP contribution is 2.25. The summed E-state index contributed by atoms with van der Waals surface area (Å²) in [6.45, 7) is 0. The SMILES string of the molecule is CN(C)c1cc(C(=O)Nc2ncc(Cc3ccccc3Cl)s2)cc(Cl)n1. The van der Waals surface area contributed by atoms with Gasteiger partial charge in [-0.3, -0.25) is 10.1 Å². The molecule has 2 aromatic heterocycles. The Labute approximate surface area is 165 Å². The fraction of sp³-hybridized carbons (Fsp3) is 0.167. The molecule has 1 amide bonds. The Kier molecular flexibility index (Phi) is 5.76. The number of benzene rings is 1. The highest BCUT2D eigenvalue weighted by molar-refractivity contribution is 7.15. The average Bonchev–Trinajstić information content (AvgIpc) is 3.03. The second-order valence-electron chi connectivity index (χ2n) is 5.79. The zero-order valence-electron chi connectivity index (χ0n) is 14.2. The Balaban J connectivity index is 1.73. The van der Waals surface area contributed by atoms with E-state index in [0.29, 0.717) is 28.0 Å². The molecule has 1 N–H and O–H groups in total. The maximum Gasteiger partial charge on any atom is 0.257 e. The lowest BCUT2D eigenvalue weighted by Gasteiger charge is -2.12. The van der Waals surface area contributed by atoms with E-state index in [1.807, 2.05) is 38.4 Å². The smallest absolute Gasteiger partial charge is 0.257 e. The van der Waals surface area contributed by atoms with Crippen LogP contribution in [0.15, 0.2) is 42.6 Å². The molecule has 2 heterocycles. The van der Waals surface area contributed by atoms with E-state index in [9.17, 15) is 4.79 Å². The van der Waals surface area contributed by atoms with Crippen LogP contribution in [-0.2, 0) is 6.42 Å². The third-order valence-corrected chi connectivity index (χ3v) is 5.07. The number of carbonyl (C=O) groups is 1. The Morgan fingerprint density at radius 1 is 1.23 bits per heavy atom. The van der Waals surface area contributed by atoms with Crippen LogP contribution in [0.5, 0.6) is 0 Å². The first-order chi connectivity index (χ1) is 12.4. The molecule has 5 nitrogen and oxygen atoms in total. The van der Waals surface area contributed by atoms with E-state index < -0.39 is 0 Å². The van der Waals surface area contributed by atoms with Gasteiger partial charge in [0, 0.05) is 42.2 Å². The molecule has 0 radical (unpaired) electrons. The van der Waals surface area contributed by atoms with Crippen molar-refractivity contribution in [1.29, 1.82) is 0 Å². The Morgan fingerprint density at radius 3 is 2.73 bits per heavy atom. The molecule has 0 bridgehead atoms. The average molecular weight is 407 g/mol. The van der Waals surface area contributed by atoms with Gasteiger partial charge in [-0.25, -0.2) is 9.97 Å². The van der Waals surface area contributed by atoms with Gasteiger partial charge in [-0.2, -0.15) is 0 Å². The number of anilines is 2. The van der Waals surface area contributed by atoms with Crippen LogP contribution >= 0.6 is 34.5 Å². The van der Waals surface area contributed by atoms with Crippen LogP contribution < -0.4 is 10.2 Å². The number of halogens is 2. The van der Waals surface area contributed by atoms with Gasteiger partial charge in [0.1, 0.15) is 11.0 Å². The number of amides is 1. The summed E-state index contributed by atoms with van der Waals surface area (Å²) in [6, 6.07) is 10.9. The van der Waals surface area contributed by atoms with Crippen molar-refractivity contribution >= 4 is 51.4 Å². The summed E-state index contributed by atoms with van der Waals surface area (Å²) < 4.78 is 0. The third kappa shape index (κ3) is 4.52. The molecule has 0 saturated carbocycles. The van der Waals surface area contributed by atoms with Gasteiger partial charge in [0.2, 0.25) is 0 Å². The summed E-state index contributed by atoms with van der Waals surface area (Å²) in [5.41, 5.74) is 1.45. The number of rotatable bonds is 5. The lowest BCUT2D eigenvalue weighted by Crippen LogP contribution is -2.15. The van der Waals surface area contributed by atoms with Gasteiger partial charge in [0.05, 0.1) is 0 Å². The van der Waals surface area contributed by atoms with E-state index in [1.165, 1.54) is 17.4 Å². The van der Waals surface area contributed by atoms with Gasteiger partial charge in [-0.1, -0.05) is 41.4 Å². The Morgan fingerprint density at radius 2 is 2.00 bits per heavy atom. The number of nitrogens with one attached hydrogen (secondary N) is 1. The van der Waals surface area contributed by atoms with Crippen LogP contribution in [0.4, 0.5) is 10.9 Å². The van der Waals surface area contributed by atoms with Gasteiger partial charge in [-0.05, 0) is 23.8 Å². The van der Waals surface area contributed by atoms with Crippen molar-refractivity contribution in [2.75, 3.05) is 24.3 Å². The van der Waals surface area contributed by atoms with Gasteiger partial charge < -0.3 is 4.90 Å². The molecule has 3 rings (SSSR count).